The highest BCUT2D eigenvalue weighted by atomic mass is 16.8. The lowest BCUT2D eigenvalue weighted by Crippen LogP contribution is -2.71. The summed E-state index contributed by atoms with van der Waals surface area (Å²) in [5, 5.41) is 350. The average molecular weight is 2050 g/mol. The van der Waals surface area contributed by atoms with Crippen LogP contribution in [0.5, 0.6) is 0 Å². The van der Waals surface area contributed by atoms with Crippen molar-refractivity contribution in [3.63, 3.8) is 0 Å². The molecule has 0 radical (unpaired) electrons. The number of carbonyl (C=O) groups excluding carboxylic acids is 4. The highest BCUT2D eigenvalue weighted by Crippen LogP contribution is 2.44. The molecule has 12 rings (SSSR count). The van der Waals surface area contributed by atoms with Crippen LogP contribution < -0.4 is 21.3 Å². The smallest absolute Gasteiger partial charge is 0.217 e. The predicted molar refractivity (Wildman–Crippen MR) is 431 cm³/mol. The lowest BCUT2D eigenvalue weighted by molar-refractivity contribution is -0.409. The van der Waals surface area contributed by atoms with E-state index in [2.05, 4.69) is 21.3 Å². The van der Waals surface area contributed by atoms with E-state index in [0.29, 0.717) is 0 Å². The summed E-state index contributed by atoms with van der Waals surface area (Å²) in [5.74, 6) is -4.02. The highest BCUT2D eigenvalue weighted by Gasteiger charge is 2.64. The number of hydrogen-bond acceptors (Lipinski definition) is 57. The summed E-state index contributed by atoms with van der Waals surface area (Å²) in [6.45, 7) is -3.67. The van der Waals surface area contributed by atoms with Gasteiger partial charge in [0.2, 0.25) is 23.6 Å². The van der Waals surface area contributed by atoms with Crippen molar-refractivity contribution in [1.82, 2.24) is 21.3 Å². The van der Waals surface area contributed by atoms with Crippen LogP contribution in [0, 0.1) is 0 Å². The lowest BCUT2D eigenvalue weighted by atomic mass is 9.93. The molecule has 140 heavy (non-hydrogen) atoms. The van der Waals surface area contributed by atoms with Gasteiger partial charge in [-0.15, -0.1) is 0 Å². The van der Waals surface area contributed by atoms with Crippen LogP contribution in [0.2, 0.25) is 0 Å². The summed E-state index contributed by atoms with van der Waals surface area (Å²) in [5.41, 5.74) is 0. The second-order valence-electron chi connectivity index (χ2n) is 36.0. The van der Waals surface area contributed by atoms with Crippen LogP contribution in [-0.2, 0) is 128 Å². The molecule has 34 N–H and O–H groups in total. The monoisotopic (exact) mass is 2050 g/mol. The minimum absolute atomic E-state index is 0.884. The molecule has 0 saturated carbocycles. The Bertz CT molecular complexity index is 3880. The number of ether oxygens (including phenoxy) is 23. The van der Waals surface area contributed by atoms with Gasteiger partial charge in [-0.3, -0.25) is 19.2 Å². The molecule has 0 aliphatic carbocycles. The molecule has 0 unspecified atom stereocenters. The average Bonchev–Trinajstić information content (AvgIpc) is 1.02. The van der Waals surface area contributed by atoms with Crippen molar-refractivity contribution in [1.29, 1.82) is 0 Å². The van der Waals surface area contributed by atoms with Gasteiger partial charge in [-0.2, -0.15) is 0 Å². The van der Waals surface area contributed by atoms with Gasteiger partial charge in [-0.25, -0.2) is 0 Å². The van der Waals surface area contributed by atoms with Crippen LogP contribution >= 0.6 is 0 Å². The molecule has 12 saturated heterocycles. The number of rotatable bonds is 35. The molecule has 810 valence electrons. The fourth-order valence-corrected chi connectivity index (χ4v) is 18.5. The van der Waals surface area contributed by atoms with E-state index in [1.807, 2.05) is 0 Å². The van der Waals surface area contributed by atoms with Crippen molar-refractivity contribution < 1.29 is 281 Å². The number of carbonyl (C=O) groups is 4. The molecule has 0 aromatic rings. The van der Waals surface area contributed by atoms with Gasteiger partial charge >= 0.3 is 0 Å². The van der Waals surface area contributed by atoms with E-state index < -0.39 is 445 Å². The molecule has 12 aliphatic rings. The van der Waals surface area contributed by atoms with Gasteiger partial charge in [-0.1, -0.05) is 0 Å². The maximum atomic E-state index is 13.7. The van der Waals surface area contributed by atoms with E-state index in [4.69, 9.17) is 109 Å². The molecule has 12 heterocycles. The third-order valence-electron chi connectivity index (χ3n) is 26.2. The maximum Gasteiger partial charge on any atom is 0.217 e. The minimum atomic E-state index is -2.69. The van der Waals surface area contributed by atoms with Gasteiger partial charge < -0.3 is 283 Å². The number of hydrogen-bond donors (Lipinski definition) is 34. The standard InChI is InChI=1S/C79H132N4O57/c1-17-37(96)47(106)54(113)72(119-17)131-58-28(12-88)128-70(34(45(58)104)81-21(5)93)139-66-52(111)42(101)26(10-86)126-78(66)137-64-44(103)32(16-118-77-65(51(110)41(100)25(9-85)125-77)138-71-36(83-23(7)95)63(136-76-57(116)50(109)40(99)24(8-84)123-76)61(31(15-91)129-71)134-73-55(114)48(107)38(97)18(2)120-73)130-79(67(64)140-75-53(112)43(102)27(11-87)124-75)132-59-29(13-89)127-69(33(46(59)105)80-20(4)92)133-60-30(14-90)122-68(117)35(82-22(6)94)62(60)135-74-56(115)49(108)39(98)19(3)121-74/h17-19,24-79,84-91,96-117H,8-16H2,1-7H3,(H,80,92)(H,81,93)(H,82,94)(H,83,95)/t17-,18-,19-,24+,25+,26+,27+,28+,29+,30+,31+,32+,33+,34+,35+,36+,37+,38+,39+,40-,41+,42+,43-,44+,45+,46+,47+,48+,49+,50-,51-,52-,53+,54-,55-,56-,57+,58+,59+,60+,61+,62+,63+,64-,65-,66-,67-,68+,69-,70-,71-,72-,73-,74-,75-,76-,77-,78+,79-/m0/s1. The van der Waals surface area contributed by atoms with Crippen LogP contribution in [-0.4, -0.2) is 598 Å². The summed E-state index contributed by atoms with van der Waals surface area (Å²) in [6.07, 6.45) is -118. The SMILES string of the molecule is CC(=O)N[C@@H]1[C@@H](O[C@@H]2O[C@@H](C)[C@@H](O)[C@@H](O)[C@@H]2O)[C@H](O[C@@H]2O[C@H](CO)[C@@H](O[C@@H]3O[C@H](CO[C@H]4O[C@H](CO)[C@@H](O)[C@H](O)[C@@H]4O[C@@H]4O[C@H](CO)[C@@H](O[C@@H]5O[C@@H](C)[C@@H](O)[C@@H](O)[C@@H]5O)[C@H](O[C@@H]5O[C@H](CO)[C@H](O)[C@H](O)[C@H]5O)[C@H]4NC(C)=O)[C@@H](O)[C@H](O[C@H]4O[C@H](CO)[C@@H](O)[C@H](O)[C@@H]4O[C@@H]4O[C@H](CO)[C@@H](O[C@@H]5O[C@@H](C)[C@@H](O)[C@@H](O)[C@@H]5O)[C@H](O)[C@H]4NC(C)=O)[C@@H]3O[C@@H]3O[C@H](CO)[C@H](O)[C@H]3O)[C@H](O)[C@H]2NC(C)=O)[C@@H](CO)O[C@H]1O. The Balaban J connectivity index is 0.954. The van der Waals surface area contributed by atoms with E-state index >= 15 is 0 Å². The Kier molecular flexibility index (Phi) is 40.5. The Hall–Kier alpha value is -4.24. The van der Waals surface area contributed by atoms with Crippen LogP contribution in [0.3, 0.4) is 0 Å². The summed E-state index contributed by atoms with van der Waals surface area (Å²) >= 11 is 0. The quantitative estimate of drug-likeness (QED) is 0.0280. The van der Waals surface area contributed by atoms with Crippen molar-refractivity contribution in [2.75, 3.05) is 59.5 Å². The molecule has 4 amide bonds. The zero-order valence-electron chi connectivity index (χ0n) is 75.9. The second-order valence-corrected chi connectivity index (χ2v) is 36.0. The summed E-state index contributed by atoms with van der Waals surface area (Å²) in [7, 11) is 0. The Labute approximate surface area is 793 Å². The third-order valence-corrected chi connectivity index (χ3v) is 26.2. The topological polar surface area (TPSA) is 936 Å². The normalized spacial score (nSPS) is 50.9. The summed E-state index contributed by atoms with van der Waals surface area (Å²) < 4.78 is 141. The molecule has 12 aliphatic heterocycles. The molecule has 59 atom stereocenters. The van der Waals surface area contributed by atoms with Crippen LogP contribution in [0.25, 0.3) is 0 Å². The van der Waals surface area contributed by atoms with Crippen LogP contribution in [0.15, 0.2) is 0 Å². The third kappa shape index (κ3) is 24.7. The Morgan fingerprint density at radius 2 is 0.443 bits per heavy atom. The minimum Gasteiger partial charge on any atom is -0.394 e. The Morgan fingerprint density at radius 1 is 0.200 bits per heavy atom. The van der Waals surface area contributed by atoms with E-state index in [0.717, 1.165) is 27.7 Å². The number of aliphatic hydroxyl groups excluding tert-OH is 30. The van der Waals surface area contributed by atoms with Crippen LogP contribution in [0.4, 0.5) is 0 Å². The van der Waals surface area contributed by atoms with Gasteiger partial charge in [0, 0.05) is 27.7 Å². The summed E-state index contributed by atoms with van der Waals surface area (Å²) in [6, 6.07) is -8.12. The fourth-order valence-electron chi connectivity index (χ4n) is 18.5. The molecule has 0 bridgehead atoms. The van der Waals surface area contributed by atoms with E-state index in [9.17, 15) is 172 Å². The molecular formula is C79H132N4O57. The first-order valence-electron chi connectivity index (χ1n) is 45.1. The van der Waals surface area contributed by atoms with Crippen molar-refractivity contribution >= 4 is 23.6 Å². The maximum absolute atomic E-state index is 13.7. The van der Waals surface area contributed by atoms with Crippen molar-refractivity contribution in [3.8, 4) is 0 Å². The number of nitrogens with one attached hydrogen (secondary N) is 4. The molecule has 12 fully saturated rings. The first-order chi connectivity index (χ1) is 66.2. The second kappa shape index (κ2) is 49.5. The van der Waals surface area contributed by atoms with Gasteiger partial charge in [0.25, 0.3) is 0 Å². The number of aliphatic hydroxyl groups is 30. The molecule has 0 aromatic heterocycles. The van der Waals surface area contributed by atoms with E-state index in [-0.39, 0.29) is 0 Å². The molecule has 61 heteroatoms. The molecular weight excluding hydrogens is 1920 g/mol. The van der Waals surface area contributed by atoms with Gasteiger partial charge in [-0.05, 0) is 20.8 Å². The lowest BCUT2D eigenvalue weighted by Gasteiger charge is -2.52. The zero-order chi connectivity index (χ0) is 103. The van der Waals surface area contributed by atoms with Gasteiger partial charge in [0.1, 0.15) is 268 Å². The zero-order valence-corrected chi connectivity index (χ0v) is 75.9. The van der Waals surface area contributed by atoms with E-state index in [1.165, 1.54) is 20.8 Å². The fraction of sp³-hybridized carbons (Fsp3) is 0.949. The van der Waals surface area contributed by atoms with Crippen molar-refractivity contribution in [3.05, 3.63) is 0 Å². The Morgan fingerprint density at radius 3 is 0.843 bits per heavy atom. The summed E-state index contributed by atoms with van der Waals surface area (Å²) in [4.78, 5) is 53.5. The highest BCUT2D eigenvalue weighted by molar-refractivity contribution is 5.74. The van der Waals surface area contributed by atoms with E-state index in [1.54, 1.807) is 0 Å². The van der Waals surface area contributed by atoms with Gasteiger partial charge in [0.15, 0.2) is 75.5 Å². The molecule has 61 nitrogen and oxygen atoms in total. The van der Waals surface area contributed by atoms with Crippen molar-refractivity contribution in [2.24, 2.45) is 0 Å². The number of amides is 4. The van der Waals surface area contributed by atoms with Gasteiger partial charge in [0.05, 0.1) is 77.8 Å². The molecule has 0 aromatic carbocycles. The molecule has 0 spiro atoms. The predicted octanol–water partition coefficient (Wildman–Crippen LogP) is -22.9. The van der Waals surface area contributed by atoms with Crippen molar-refractivity contribution in [2.45, 2.75) is 411 Å². The first kappa shape index (κ1) is 114. The first-order valence-corrected chi connectivity index (χ1v) is 45.1. The van der Waals surface area contributed by atoms with Crippen LogP contribution in [0.1, 0.15) is 48.5 Å². The largest absolute Gasteiger partial charge is 0.394 e.